The summed E-state index contributed by atoms with van der Waals surface area (Å²) in [5, 5.41) is 10.6. The molecule has 0 aliphatic heterocycles. The van der Waals surface area contributed by atoms with Gasteiger partial charge in [0.1, 0.15) is 5.75 Å². The highest BCUT2D eigenvalue weighted by atomic mass is 16.5. The van der Waals surface area contributed by atoms with Crippen LogP contribution in [0.25, 0.3) is 22.7 Å². The summed E-state index contributed by atoms with van der Waals surface area (Å²) in [5.41, 5.74) is 1.89. The van der Waals surface area contributed by atoms with Crippen molar-refractivity contribution < 1.29 is 18.6 Å². The highest BCUT2D eigenvalue weighted by Crippen LogP contribution is 2.23. The van der Waals surface area contributed by atoms with Gasteiger partial charge in [0.05, 0.1) is 6.61 Å². The summed E-state index contributed by atoms with van der Waals surface area (Å²) in [5.74, 6) is 2.39. The van der Waals surface area contributed by atoms with Crippen molar-refractivity contribution in [2.45, 2.75) is 20.3 Å². The van der Waals surface area contributed by atoms with Crippen LogP contribution >= 0.6 is 0 Å². The van der Waals surface area contributed by atoms with Gasteiger partial charge in [0.2, 0.25) is 11.7 Å². The van der Waals surface area contributed by atoms with Crippen LogP contribution in [-0.2, 0) is 6.42 Å². The normalized spacial score (nSPS) is 11.0. The van der Waals surface area contributed by atoms with E-state index in [4.69, 9.17) is 13.8 Å². The van der Waals surface area contributed by atoms with E-state index < -0.39 is 0 Å². The van der Waals surface area contributed by atoms with Gasteiger partial charge in [-0.1, -0.05) is 54.5 Å². The molecule has 0 radical (unpaired) electrons. The number of amides is 1. The quantitative estimate of drug-likeness (QED) is 0.418. The second-order valence-electron chi connectivity index (χ2n) is 7.69. The standard InChI is InChI=1S/C24H24N4O4/c1-16(2)15-30-19-10-8-17(9-11-19)21-14-20(27-31-21)24(29)25-13-12-22-26-23(28-32-22)18-6-4-3-5-7-18/h3-11,14,16H,12-13,15H2,1-2H3,(H,25,29). The molecule has 0 fully saturated rings. The third-order valence-electron chi connectivity index (χ3n) is 4.59. The van der Waals surface area contributed by atoms with Gasteiger partial charge in [0.25, 0.3) is 5.91 Å². The number of nitrogens with one attached hydrogen (secondary N) is 1. The summed E-state index contributed by atoms with van der Waals surface area (Å²) < 4.78 is 16.3. The number of hydrogen-bond donors (Lipinski definition) is 1. The van der Waals surface area contributed by atoms with Gasteiger partial charge in [-0.3, -0.25) is 4.79 Å². The molecule has 164 valence electrons. The molecular weight excluding hydrogens is 408 g/mol. The molecule has 32 heavy (non-hydrogen) atoms. The number of nitrogens with zero attached hydrogens (tertiary/aromatic N) is 3. The second-order valence-corrected chi connectivity index (χ2v) is 7.69. The molecule has 2 aromatic heterocycles. The lowest BCUT2D eigenvalue weighted by atomic mass is 10.1. The number of carbonyl (C=O) groups is 1. The van der Waals surface area contributed by atoms with Crippen LogP contribution in [0.1, 0.15) is 30.2 Å². The predicted octanol–water partition coefficient (Wildman–Crippen LogP) is 4.40. The third kappa shape index (κ3) is 5.40. The summed E-state index contributed by atoms with van der Waals surface area (Å²) in [7, 11) is 0. The fourth-order valence-electron chi connectivity index (χ4n) is 2.93. The minimum absolute atomic E-state index is 0.204. The Bertz CT molecular complexity index is 1150. The van der Waals surface area contributed by atoms with Crippen LogP contribution in [0.5, 0.6) is 5.75 Å². The van der Waals surface area contributed by atoms with E-state index in [1.165, 1.54) is 0 Å². The van der Waals surface area contributed by atoms with E-state index >= 15 is 0 Å². The van der Waals surface area contributed by atoms with E-state index in [2.05, 4.69) is 34.5 Å². The Morgan fingerprint density at radius 3 is 2.53 bits per heavy atom. The summed E-state index contributed by atoms with van der Waals surface area (Å²) in [6, 6.07) is 18.7. The summed E-state index contributed by atoms with van der Waals surface area (Å²) in [6.45, 7) is 5.18. The van der Waals surface area contributed by atoms with Gasteiger partial charge in [-0.15, -0.1) is 0 Å². The molecule has 0 aliphatic rings. The number of ether oxygens (including phenoxy) is 1. The first-order chi connectivity index (χ1) is 15.6. The first-order valence-electron chi connectivity index (χ1n) is 10.4. The van der Waals surface area contributed by atoms with Crippen LogP contribution < -0.4 is 10.1 Å². The van der Waals surface area contributed by atoms with Crippen molar-refractivity contribution in [1.82, 2.24) is 20.6 Å². The Morgan fingerprint density at radius 2 is 1.78 bits per heavy atom. The highest BCUT2D eigenvalue weighted by Gasteiger charge is 2.15. The smallest absolute Gasteiger partial charge is 0.273 e. The van der Waals surface area contributed by atoms with E-state index in [1.807, 2.05) is 54.6 Å². The zero-order valence-corrected chi connectivity index (χ0v) is 17.9. The Hall–Kier alpha value is -3.94. The van der Waals surface area contributed by atoms with Crippen LogP contribution in [0.3, 0.4) is 0 Å². The molecule has 0 saturated heterocycles. The van der Waals surface area contributed by atoms with Gasteiger partial charge in [-0.25, -0.2) is 0 Å². The molecule has 0 aliphatic carbocycles. The van der Waals surface area contributed by atoms with Crippen LogP contribution in [0.2, 0.25) is 0 Å². The first kappa shape index (κ1) is 21.3. The molecule has 2 aromatic carbocycles. The molecule has 1 N–H and O–H groups in total. The van der Waals surface area contributed by atoms with Crippen LogP contribution in [0, 0.1) is 5.92 Å². The molecule has 4 aromatic rings. The van der Waals surface area contributed by atoms with Gasteiger partial charge in [-0.2, -0.15) is 4.98 Å². The number of carbonyl (C=O) groups excluding carboxylic acids is 1. The third-order valence-corrected chi connectivity index (χ3v) is 4.59. The molecule has 1 amide bonds. The SMILES string of the molecule is CC(C)COc1ccc(-c2cc(C(=O)NCCc3nc(-c4ccccc4)no3)no2)cc1. The van der Waals surface area contributed by atoms with Gasteiger partial charge < -0.3 is 19.1 Å². The molecule has 8 nitrogen and oxygen atoms in total. The fraction of sp³-hybridized carbons (Fsp3) is 0.250. The maximum Gasteiger partial charge on any atom is 0.273 e. The molecule has 4 rings (SSSR count). The van der Waals surface area contributed by atoms with E-state index in [-0.39, 0.29) is 11.6 Å². The largest absolute Gasteiger partial charge is 0.493 e. The van der Waals surface area contributed by atoms with Crippen LogP contribution in [0.4, 0.5) is 0 Å². The van der Waals surface area contributed by atoms with Crippen molar-refractivity contribution in [3.05, 3.63) is 72.2 Å². The van der Waals surface area contributed by atoms with Gasteiger partial charge in [0, 0.05) is 30.2 Å². The summed E-state index contributed by atoms with van der Waals surface area (Å²) in [6.07, 6.45) is 0.411. The molecular formula is C24H24N4O4. The van der Waals surface area contributed by atoms with Gasteiger partial charge >= 0.3 is 0 Å². The highest BCUT2D eigenvalue weighted by molar-refractivity contribution is 5.93. The Labute approximate surface area is 185 Å². The predicted molar refractivity (Wildman–Crippen MR) is 118 cm³/mol. The summed E-state index contributed by atoms with van der Waals surface area (Å²) >= 11 is 0. The van der Waals surface area contributed by atoms with E-state index in [9.17, 15) is 4.79 Å². The topological polar surface area (TPSA) is 103 Å². The van der Waals surface area contributed by atoms with Crippen molar-refractivity contribution in [2.75, 3.05) is 13.2 Å². The van der Waals surface area contributed by atoms with E-state index in [1.54, 1.807) is 6.07 Å². The molecule has 0 unspecified atom stereocenters. The maximum atomic E-state index is 12.4. The maximum absolute atomic E-state index is 12.4. The molecule has 0 spiro atoms. The Balaban J connectivity index is 1.29. The van der Waals surface area contributed by atoms with Crippen molar-refractivity contribution in [2.24, 2.45) is 5.92 Å². The number of rotatable bonds is 9. The molecule has 0 bridgehead atoms. The zero-order chi connectivity index (χ0) is 22.3. The van der Waals surface area contributed by atoms with E-state index in [0.717, 1.165) is 16.9 Å². The van der Waals surface area contributed by atoms with Gasteiger partial charge in [-0.05, 0) is 30.2 Å². The Kier molecular flexibility index (Phi) is 6.60. The minimum Gasteiger partial charge on any atom is -0.493 e. The number of benzene rings is 2. The van der Waals surface area contributed by atoms with Crippen molar-refractivity contribution in [3.8, 4) is 28.5 Å². The van der Waals surface area contributed by atoms with Crippen molar-refractivity contribution >= 4 is 5.91 Å². The fourth-order valence-corrected chi connectivity index (χ4v) is 2.93. The van der Waals surface area contributed by atoms with Gasteiger partial charge in [0.15, 0.2) is 11.5 Å². The second kappa shape index (κ2) is 9.91. The van der Waals surface area contributed by atoms with Crippen molar-refractivity contribution in [1.29, 1.82) is 0 Å². The molecule has 0 atom stereocenters. The van der Waals surface area contributed by atoms with E-state index in [0.29, 0.717) is 43.0 Å². The monoisotopic (exact) mass is 432 g/mol. The first-order valence-corrected chi connectivity index (χ1v) is 10.4. The molecule has 0 saturated carbocycles. The molecule has 2 heterocycles. The van der Waals surface area contributed by atoms with Crippen LogP contribution in [0.15, 0.2) is 69.7 Å². The van der Waals surface area contributed by atoms with Crippen LogP contribution in [-0.4, -0.2) is 34.4 Å². The zero-order valence-electron chi connectivity index (χ0n) is 17.9. The number of hydrogen-bond acceptors (Lipinski definition) is 7. The Morgan fingerprint density at radius 1 is 1.00 bits per heavy atom. The lowest BCUT2D eigenvalue weighted by Crippen LogP contribution is -2.26. The lowest BCUT2D eigenvalue weighted by Gasteiger charge is -2.08. The summed E-state index contributed by atoms with van der Waals surface area (Å²) in [4.78, 5) is 16.7. The average Bonchev–Trinajstić information content (AvgIpc) is 3.49. The molecule has 8 heteroatoms. The lowest BCUT2D eigenvalue weighted by molar-refractivity contribution is 0.0944. The average molecular weight is 432 g/mol. The number of aromatic nitrogens is 3. The van der Waals surface area contributed by atoms with Crippen molar-refractivity contribution in [3.63, 3.8) is 0 Å². The minimum atomic E-state index is -0.334.